The number of carbonyl (C=O) groups is 2. The smallest absolute Gasteiger partial charge is 0.349 e. The van der Waals surface area contributed by atoms with E-state index in [4.69, 9.17) is 34.8 Å². The average molecular weight is 598 g/mol. The van der Waals surface area contributed by atoms with Crippen LogP contribution in [0.4, 0.5) is 35.1 Å². The summed E-state index contributed by atoms with van der Waals surface area (Å²) in [4.78, 5) is 23.6. The van der Waals surface area contributed by atoms with E-state index in [1.54, 1.807) is 5.32 Å². The lowest BCUT2D eigenvalue weighted by molar-refractivity contribution is -0.139. The van der Waals surface area contributed by atoms with Crippen molar-refractivity contribution in [3.63, 3.8) is 0 Å². The van der Waals surface area contributed by atoms with Crippen molar-refractivity contribution in [1.29, 1.82) is 0 Å². The highest BCUT2D eigenvalue weighted by Crippen LogP contribution is 2.41. The van der Waals surface area contributed by atoms with E-state index >= 15 is 0 Å². The van der Waals surface area contributed by atoms with Crippen LogP contribution in [0.2, 0.25) is 15.1 Å². The van der Waals surface area contributed by atoms with Gasteiger partial charge in [-0.1, -0.05) is 53.0 Å². The van der Waals surface area contributed by atoms with Crippen LogP contribution >= 0.6 is 34.8 Å². The van der Waals surface area contributed by atoms with E-state index in [2.05, 4.69) is 0 Å². The fourth-order valence-electron chi connectivity index (χ4n) is 2.98. The van der Waals surface area contributed by atoms with Gasteiger partial charge in [0, 0.05) is 0 Å². The van der Waals surface area contributed by atoms with Gasteiger partial charge in [0.25, 0.3) is 12.3 Å². The quantitative estimate of drug-likeness (QED) is 0.251. The molecule has 0 aliphatic carbocycles. The van der Waals surface area contributed by atoms with Gasteiger partial charge in [0.15, 0.2) is 0 Å². The molecule has 0 saturated carbocycles. The monoisotopic (exact) mass is 596 g/mol. The zero-order valence-electron chi connectivity index (χ0n) is 18.1. The van der Waals surface area contributed by atoms with E-state index in [9.17, 15) is 44.7 Å². The zero-order valence-corrected chi connectivity index (χ0v) is 20.4. The van der Waals surface area contributed by atoms with Crippen LogP contribution in [0, 0.1) is 0 Å². The lowest BCUT2D eigenvalue weighted by Crippen LogP contribution is -2.39. The minimum absolute atomic E-state index is 0.174. The lowest BCUT2D eigenvalue weighted by atomic mass is 9.96. The van der Waals surface area contributed by atoms with Crippen LogP contribution in [-0.4, -0.2) is 37.5 Å². The molecule has 2 aromatic rings. The van der Waals surface area contributed by atoms with Gasteiger partial charge in [-0.05, 0) is 35.4 Å². The summed E-state index contributed by atoms with van der Waals surface area (Å²) < 4.78 is 106. The molecule has 2 amide bonds. The summed E-state index contributed by atoms with van der Waals surface area (Å²) in [6.45, 7) is -1.90. The molecule has 1 unspecified atom stereocenters. The van der Waals surface area contributed by atoms with Crippen LogP contribution in [0.15, 0.2) is 36.4 Å². The predicted molar refractivity (Wildman–Crippen MR) is 122 cm³/mol. The minimum atomic E-state index is -5.10. The Bertz CT molecular complexity index is 1160. The largest absolute Gasteiger partial charge is 0.417 e. The molecule has 2 N–H and O–H groups in total. The minimum Gasteiger partial charge on any atom is -0.349 e. The molecule has 1 atom stereocenters. The Morgan fingerprint density at radius 3 is 2.03 bits per heavy atom. The lowest BCUT2D eigenvalue weighted by Gasteiger charge is -2.19. The highest BCUT2D eigenvalue weighted by molar-refractivity contribution is 6.48. The highest BCUT2D eigenvalue weighted by Gasteiger charge is 2.40. The Labute approximate surface area is 219 Å². The van der Waals surface area contributed by atoms with E-state index in [1.165, 1.54) is 0 Å². The summed E-state index contributed by atoms with van der Waals surface area (Å²) in [6, 6.07) is 3.94. The zero-order chi connectivity index (χ0) is 28.1. The molecule has 0 aliphatic rings. The Hall–Kier alpha value is -2.57. The molecule has 0 aliphatic heterocycles. The third-order valence-electron chi connectivity index (χ3n) is 4.66. The van der Waals surface area contributed by atoms with Crippen LogP contribution in [0.3, 0.4) is 0 Å². The molecule has 0 aromatic heterocycles. The number of halogens is 11. The van der Waals surface area contributed by atoms with E-state index in [0.29, 0.717) is 18.2 Å². The summed E-state index contributed by atoms with van der Waals surface area (Å²) in [5, 5.41) is 2.92. The second-order valence-corrected chi connectivity index (χ2v) is 8.55. The Morgan fingerprint density at radius 1 is 0.919 bits per heavy atom. The first-order valence-electron chi connectivity index (χ1n) is 9.94. The molecule has 15 heteroatoms. The maximum Gasteiger partial charge on any atom is 0.417 e. The molecule has 0 radical (unpaired) electrons. The third-order valence-corrected chi connectivity index (χ3v) is 5.85. The number of rotatable bonds is 8. The average Bonchev–Trinajstić information content (AvgIpc) is 2.78. The normalized spacial score (nSPS) is 13.2. The summed E-state index contributed by atoms with van der Waals surface area (Å²) in [7, 11) is 0. The molecule has 0 spiro atoms. The molecule has 0 heterocycles. The van der Waals surface area contributed by atoms with E-state index in [0.717, 1.165) is 24.3 Å². The second-order valence-electron chi connectivity index (χ2n) is 7.36. The summed E-state index contributed by atoms with van der Waals surface area (Å²) >= 11 is 17.3. The van der Waals surface area contributed by atoms with Crippen molar-refractivity contribution in [2.24, 2.45) is 0 Å². The maximum atomic E-state index is 13.7. The van der Waals surface area contributed by atoms with Crippen LogP contribution in [0.5, 0.6) is 0 Å². The molecule has 4 nitrogen and oxygen atoms in total. The molecule has 0 fully saturated rings. The van der Waals surface area contributed by atoms with Gasteiger partial charge in [-0.2, -0.15) is 26.3 Å². The fourth-order valence-corrected chi connectivity index (χ4v) is 3.59. The molecule has 2 rings (SSSR count). The van der Waals surface area contributed by atoms with Crippen molar-refractivity contribution in [3.05, 3.63) is 73.7 Å². The van der Waals surface area contributed by atoms with Crippen molar-refractivity contribution < 1.29 is 44.7 Å². The van der Waals surface area contributed by atoms with Crippen molar-refractivity contribution in [2.75, 3.05) is 13.1 Å². The summed E-state index contributed by atoms with van der Waals surface area (Å²) in [5.74, 6) is -4.74. The first-order valence-corrected chi connectivity index (χ1v) is 11.1. The first kappa shape index (κ1) is 30.7. The van der Waals surface area contributed by atoms with Crippen LogP contribution in [0.1, 0.15) is 33.0 Å². The topological polar surface area (TPSA) is 58.2 Å². The molecular weight excluding hydrogens is 583 g/mol. The molecule has 37 heavy (non-hydrogen) atoms. The van der Waals surface area contributed by atoms with Gasteiger partial charge in [0.1, 0.15) is 0 Å². The van der Waals surface area contributed by atoms with Gasteiger partial charge >= 0.3 is 12.4 Å². The van der Waals surface area contributed by atoms with Crippen molar-refractivity contribution in [2.45, 2.75) is 24.7 Å². The second kappa shape index (κ2) is 12.3. The molecule has 202 valence electrons. The number of carbonyl (C=O) groups excluding carboxylic acids is 2. The Balaban J connectivity index is 2.35. The number of hydrogen-bond donors (Lipinski definition) is 2. The SMILES string of the molecule is O=C(CNC(=O)c1ccc(/C=C/C(c2cc(Cl)c(Cl)c(Cl)c2)C(F)(F)F)cc1C(F)(F)F)NCC(F)F. The van der Waals surface area contributed by atoms with Crippen LogP contribution in [0.25, 0.3) is 6.08 Å². The predicted octanol–water partition coefficient (Wildman–Crippen LogP) is 7.14. The van der Waals surface area contributed by atoms with Gasteiger partial charge in [-0.15, -0.1) is 0 Å². The van der Waals surface area contributed by atoms with Crippen molar-refractivity contribution >= 4 is 52.7 Å². The van der Waals surface area contributed by atoms with Crippen molar-refractivity contribution in [1.82, 2.24) is 10.6 Å². The maximum absolute atomic E-state index is 13.7. The number of benzene rings is 2. The van der Waals surface area contributed by atoms with Crippen molar-refractivity contribution in [3.8, 4) is 0 Å². The highest BCUT2D eigenvalue weighted by atomic mass is 35.5. The number of allylic oxidation sites excluding steroid dienone is 1. The number of nitrogens with one attached hydrogen (secondary N) is 2. The molecular formula is C22H15Cl3F8N2O2. The van der Waals surface area contributed by atoms with E-state index in [-0.39, 0.29) is 20.6 Å². The van der Waals surface area contributed by atoms with Gasteiger partial charge in [-0.3, -0.25) is 9.59 Å². The number of amides is 2. The first-order chi connectivity index (χ1) is 17.0. The van der Waals surface area contributed by atoms with Gasteiger partial charge in [0.05, 0.1) is 45.2 Å². The van der Waals surface area contributed by atoms with E-state index < -0.39 is 66.3 Å². The molecule has 0 bridgehead atoms. The summed E-state index contributed by atoms with van der Waals surface area (Å²) in [5.41, 5.74) is -3.18. The Morgan fingerprint density at radius 2 is 1.51 bits per heavy atom. The Kier molecular flexibility index (Phi) is 10.2. The van der Waals surface area contributed by atoms with E-state index in [1.807, 2.05) is 5.32 Å². The standard InChI is InChI=1S/C22H15Cl3F8N2O2/c23-15-6-11(7-16(24)19(15)25)13(21(28,29)30)4-2-10-1-3-12(14(5-10)22(31,32)33)20(37)35-9-18(36)34-8-17(26)27/h1-7,13,17H,8-9H2,(H,34,36)(H,35,37)/b4-2+. The third kappa shape index (κ3) is 8.75. The van der Waals surface area contributed by atoms with Gasteiger partial charge in [0.2, 0.25) is 5.91 Å². The fraction of sp³-hybridized carbons (Fsp3) is 0.273. The molecule has 2 aromatic carbocycles. The summed E-state index contributed by atoms with van der Waals surface area (Å²) in [6.07, 6.45) is -11.5. The number of alkyl halides is 8. The van der Waals surface area contributed by atoms with Crippen LogP contribution in [-0.2, 0) is 11.0 Å². The molecule has 0 saturated heterocycles. The number of hydrogen-bond acceptors (Lipinski definition) is 2. The van der Waals surface area contributed by atoms with Gasteiger partial charge in [-0.25, -0.2) is 8.78 Å². The van der Waals surface area contributed by atoms with Gasteiger partial charge < -0.3 is 10.6 Å². The van der Waals surface area contributed by atoms with Crippen LogP contribution < -0.4 is 10.6 Å².